The Morgan fingerprint density at radius 1 is 0.923 bits per heavy atom. The van der Waals surface area contributed by atoms with Crippen molar-refractivity contribution in [2.75, 3.05) is 16.8 Å². The Labute approximate surface area is 154 Å². The molecule has 0 aliphatic rings. The first kappa shape index (κ1) is 22.1. The predicted octanol–water partition coefficient (Wildman–Crippen LogP) is 2.07. The second-order valence-corrected chi connectivity index (χ2v) is 10.1. The van der Waals surface area contributed by atoms with Gasteiger partial charge in [0.15, 0.2) is 0 Å². The van der Waals surface area contributed by atoms with Crippen molar-refractivity contribution >= 4 is 35.8 Å². The average Bonchev–Trinajstić information content (AvgIpc) is 2.61. The Morgan fingerprint density at radius 3 is 1.77 bits per heavy atom. The van der Waals surface area contributed by atoms with E-state index in [4.69, 9.17) is 0 Å². The van der Waals surface area contributed by atoms with Gasteiger partial charge >= 0.3 is 6.03 Å². The standard InChI is InChI=1S/C16H25N3O5S2/c1-5-12-10-9-11-13(6-2)14(12)17-15(20)18-19-16(25(21,22)7-3)26(23,24)8-4/h9-11H,5-8H2,1-4H3,(H2,17,18,20). The lowest BCUT2D eigenvalue weighted by Gasteiger charge is -2.14. The van der Waals surface area contributed by atoms with Crippen LogP contribution in [0.4, 0.5) is 10.5 Å². The number of amides is 2. The third-order valence-corrected chi connectivity index (χ3v) is 8.07. The van der Waals surface area contributed by atoms with Gasteiger partial charge in [-0.15, -0.1) is 5.10 Å². The van der Waals surface area contributed by atoms with Gasteiger partial charge in [0, 0.05) is 5.69 Å². The maximum Gasteiger partial charge on any atom is 0.339 e. The first-order valence-electron chi connectivity index (χ1n) is 8.33. The van der Waals surface area contributed by atoms with Crippen molar-refractivity contribution in [3.63, 3.8) is 0 Å². The van der Waals surface area contributed by atoms with Gasteiger partial charge in [0.2, 0.25) is 19.7 Å². The summed E-state index contributed by atoms with van der Waals surface area (Å²) in [6.45, 7) is 6.49. The van der Waals surface area contributed by atoms with Crippen LogP contribution in [0.25, 0.3) is 0 Å². The number of urea groups is 1. The van der Waals surface area contributed by atoms with Crippen LogP contribution in [-0.4, -0.2) is 38.7 Å². The molecule has 0 saturated carbocycles. The third kappa shape index (κ3) is 5.28. The molecule has 0 saturated heterocycles. The highest BCUT2D eigenvalue weighted by molar-refractivity contribution is 8.31. The van der Waals surface area contributed by atoms with Gasteiger partial charge in [-0.3, -0.25) is 0 Å². The summed E-state index contributed by atoms with van der Waals surface area (Å²) in [5.74, 6) is -0.875. The molecule has 0 unspecified atom stereocenters. The van der Waals surface area contributed by atoms with Crippen molar-refractivity contribution in [2.45, 2.75) is 40.5 Å². The molecule has 1 aromatic carbocycles. The number of hydrogen-bond donors (Lipinski definition) is 2. The molecule has 146 valence electrons. The molecule has 0 aliphatic carbocycles. The van der Waals surface area contributed by atoms with Crippen LogP contribution in [0.1, 0.15) is 38.8 Å². The lowest BCUT2D eigenvalue weighted by Crippen LogP contribution is -2.33. The molecule has 1 aromatic rings. The quantitative estimate of drug-likeness (QED) is 0.428. The summed E-state index contributed by atoms with van der Waals surface area (Å²) >= 11 is 0. The lowest BCUT2D eigenvalue weighted by atomic mass is 10.0. The van der Waals surface area contributed by atoms with Gasteiger partial charge in [0.25, 0.3) is 4.38 Å². The van der Waals surface area contributed by atoms with E-state index >= 15 is 0 Å². The van der Waals surface area contributed by atoms with E-state index in [-0.39, 0.29) is 0 Å². The Morgan fingerprint density at radius 2 is 1.38 bits per heavy atom. The number of aryl methyl sites for hydroxylation is 2. The molecule has 0 heterocycles. The van der Waals surface area contributed by atoms with E-state index in [1.165, 1.54) is 13.8 Å². The fraction of sp³-hybridized carbons (Fsp3) is 0.500. The molecule has 0 fully saturated rings. The van der Waals surface area contributed by atoms with E-state index in [2.05, 4.69) is 10.4 Å². The van der Waals surface area contributed by atoms with Crippen LogP contribution in [0, 0.1) is 0 Å². The topological polar surface area (TPSA) is 122 Å². The maximum absolute atomic E-state index is 12.2. The summed E-state index contributed by atoms with van der Waals surface area (Å²) in [7, 11) is -8.21. The molecule has 10 heteroatoms. The van der Waals surface area contributed by atoms with Crippen LogP contribution in [0.5, 0.6) is 0 Å². The minimum atomic E-state index is -4.10. The molecule has 0 atom stereocenters. The van der Waals surface area contributed by atoms with Crippen molar-refractivity contribution in [1.29, 1.82) is 0 Å². The molecule has 1 rings (SSSR count). The van der Waals surface area contributed by atoms with Crippen molar-refractivity contribution < 1.29 is 21.6 Å². The minimum Gasteiger partial charge on any atom is -0.306 e. The van der Waals surface area contributed by atoms with Gasteiger partial charge in [-0.05, 0) is 24.0 Å². The van der Waals surface area contributed by atoms with Crippen LogP contribution in [-0.2, 0) is 32.5 Å². The number of nitrogens with one attached hydrogen (secondary N) is 2. The first-order chi connectivity index (χ1) is 12.1. The van der Waals surface area contributed by atoms with Gasteiger partial charge < -0.3 is 5.32 Å². The van der Waals surface area contributed by atoms with Crippen LogP contribution in [0.15, 0.2) is 23.3 Å². The molecule has 2 amide bonds. The number of carbonyl (C=O) groups excluding carboxylic acids is 1. The van der Waals surface area contributed by atoms with E-state index in [1.807, 2.05) is 37.5 Å². The molecule has 26 heavy (non-hydrogen) atoms. The Kier molecular flexibility index (Phi) is 7.76. The summed E-state index contributed by atoms with van der Waals surface area (Å²) < 4.78 is 47.0. The zero-order chi connectivity index (χ0) is 20.0. The number of rotatable bonds is 6. The largest absolute Gasteiger partial charge is 0.339 e. The highest BCUT2D eigenvalue weighted by Gasteiger charge is 2.30. The lowest BCUT2D eigenvalue weighted by molar-refractivity contribution is 0.252. The normalized spacial score (nSPS) is 11.7. The molecule has 0 aromatic heterocycles. The van der Waals surface area contributed by atoms with Gasteiger partial charge in [-0.1, -0.05) is 45.9 Å². The second-order valence-electron chi connectivity index (χ2n) is 5.41. The minimum absolute atomic E-state index is 0.437. The predicted molar refractivity (Wildman–Crippen MR) is 104 cm³/mol. The Balaban J connectivity index is 3.16. The van der Waals surface area contributed by atoms with E-state index < -0.39 is 41.6 Å². The van der Waals surface area contributed by atoms with Gasteiger partial charge in [0.05, 0.1) is 11.5 Å². The monoisotopic (exact) mass is 403 g/mol. The maximum atomic E-state index is 12.2. The summed E-state index contributed by atoms with van der Waals surface area (Å²) in [5.41, 5.74) is 4.43. The molecule has 0 spiro atoms. The van der Waals surface area contributed by atoms with E-state index in [0.29, 0.717) is 18.5 Å². The number of hydrogen-bond acceptors (Lipinski definition) is 6. The number of sulfone groups is 2. The van der Waals surface area contributed by atoms with E-state index in [1.54, 1.807) is 0 Å². The first-order valence-corrected chi connectivity index (χ1v) is 11.6. The van der Waals surface area contributed by atoms with Gasteiger partial charge in [-0.2, -0.15) is 0 Å². The van der Waals surface area contributed by atoms with E-state index in [9.17, 15) is 21.6 Å². The van der Waals surface area contributed by atoms with Crippen LogP contribution >= 0.6 is 0 Å². The summed E-state index contributed by atoms with van der Waals surface area (Å²) in [6.07, 6.45) is 1.37. The van der Waals surface area contributed by atoms with Crippen LogP contribution < -0.4 is 10.7 Å². The third-order valence-electron chi connectivity index (χ3n) is 3.78. The Bertz CT molecular complexity index is 832. The number of hydrazone groups is 1. The number of benzene rings is 1. The van der Waals surface area contributed by atoms with Gasteiger partial charge in [0.1, 0.15) is 0 Å². The van der Waals surface area contributed by atoms with Crippen molar-refractivity contribution in [3.05, 3.63) is 29.3 Å². The molecule has 0 aliphatic heterocycles. The number of anilines is 1. The number of para-hydroxylation sites is 1. The molecule has 0 bridgehead atoms. The SMILES string of the molecule is CCc1cccc(CC)c1NC(=O)NN=C(S(=O)(=O)CC)S(=O)(=O)CC. The van der Waals surface area contributed by atoms with Crippen LogP contribution in [0.3, 0.4) is 0 Å². The van der Waals surface area contributed by atoms with Crippen LogP contribution in [0.2, 0.25) is 0 Å². The fourth-order valence-electron chi connectivity index (χ4n) is 2.22. The Hall–Kier alpha value is -1.94. The van der Waals surface area contributed by atoms with E-state index in [0.717, 1.165) is 11.1 Å². The fourth-order valence-corrected chi connectivity index (χ4v) is 5.34. The number of nitrogens with zero attached hydrogens (tertiary/aromatic N) is 1. The smallest absolute Gasteiger partial charge is 0.306 e. The molecular formula is C16H25N3O5S2. The summed E-state index contributed by atoms with van der Waals surface area (Å²) in [6, 6.07) is 4.81. The molecule has 8 nitrogen and oxygen atoms in total. The van der Waals surface area contributed by atoms with Crippen molar-refractivity contribution in [2.24, 2.45) is 5.10 Å². The van der Waals surface area contributed by atoms with Crippen molar-refractivity contribution in [1.82, 2.24) is 5.43 Å². The summed E-state index contributed by atoms with van der Waals surface area (Å²) in [4.78, 5) is 12.2. The average molecular weight is 404 g/mol. The van der Waals surface area contributed by atoms with Crippen molar-refractivity contribution in [3.8, 4) is 0 Å². The zero-order valence-corrected chi connectivity index (χ0v) is 17.0. The zero-order valence-electron chi connectivity index (χ0n) is 15.4. The summed E-state index contributed by atoms with van der Waals surface area (Å²) in [5, 5.41) is 6.02. The molecule has 0 radical (unpaired) electrons. The number of carbonyl (C=O) groups is 1. The molecular weight excluding hydrogens is 378 g/mol. The van der Waals surface area contributed by atoms with Gasteiger partial charge in [-0.25, -0.2) is 27.1 Å². The molecule has 2 N–H and O–H groups in total. The second kappa shape index (κ2) is 9.13. The highest BCUT2D eigenvalue weighted by atomic mass is 32.3. The highest BCUT2D eigenvalue weighted by Crippen LogP contribution is 2.22.